The van der Waals surface area contributed by atoms with Crippen LogP contribution in [0.15, 0.2) is 40.9 Å². The molecule has 0 radical (unpaired) electrons. The molecule has 0 spiro atoms. The van der Waals surface area contributed by atoms with Gasteiger partial charge in [0.25, 0.3) is 11.8 Å². The molecule has 100 valence electrons. The summed E-state index contributed by atoms with van der Waals surface area (Å²) in [6.07, 6.45) is 0. The van der Waals surface area contributed by atoms with Gasteiger partial charge in [0.15, 0.2) is 11.6 Å². The van der Waals surface area contributed by atoms with E-state index in [-0.39, 0.29) is 15.6 Å². The summed E-state index contributed by atoms with van der Waals surface area (Å²) in [7, 11) is 0. The van der Waals surface area contributed by atoms with E-state index in [1.54, 1.807) is 12.1 Å². The van der Waals surface area contributed by atoms with Crippen molar-refractivity contribution in [2.24, 2.45) is 0 Å². The Balaban J connectivity index is 2.19. The molecule has 0 atom stereocenters. The van der Waals surface area contributed by atoms with Crippen molar-refractivity contribution in [3.8, 4) is 0 Å². The van der Waals surface area contributed by atoms with E-state index in [4.69, 9.17) is 0 Å². The molecule has 2 amide bonds. The Morgan fingerprint density at radius 3 is 1.80 bits per heavy atom. The second-order valence-electron chi connectivity index (χ2n) is 4.21. The van der Waals surface area contributed by atoms with Crippen LogP contribution in [0.1, 0.15) is 20.7 Å². The number of rotatable bonds is 1. The number of amides is 2. The van der Waals surface area contributed by atoms with Crippen molar-refractivity contribution in [3.05, 3.63) is 63.6 Å². The van der Waals surface area contributed by atoms with Gasteiger partial charge in [0.1, 0.15) is 5.69 Å². The summed E-state index contributed by atoms with van der Waals surface area (Å²) in [4.78, 5) is 24.8. The van der Waals surface area contributed by atoms with Crippen LogP contribution in [0.5, 0.6) is 0 Å². The van der Waals surface area contributed by atoms with Crippen LogP contribution in [-0.2, 0) is 0 Å². The number of hydrogen-bond donors (Lipinski definition) is 0. The van der Waals surface area contributed by atoms with E-state index in [0.717, 1.165) is 12.1 Å². The lowest BCUT2D eigenvalue weighted by Gasteiger charge is -2.15. The van der Waals surface area contributed by atoms with E-state index >= 15 is 0 Å². The molecule has 0 N–H and O–H groups in total. The molecule has 3 nitrogen and oxygen atoms in total. The Labute approximate surface area is 120 Å². The number of carbonyl (C=O) groups is 2. The lowest BCUT2D eigenvalue weighted by molar-refractivity contribution is 0.0923. The zero-order valence-electron chi connectivity index (χ0n) is 9.86. The Kier molecular flexibility index (Phi) is 2.90. The monoisotopic (exact) mass is 337 g/mol. The average Bonchev–Trinajstić information content (AvgIpc) is 2.64. The predicted molar refractivity (Wildman–Crippen MR) is 71.6 cm³/mol. The van der Waals surface area contributed by atoms with Crippen molar-refractivity contribution in [3.63, 3.8) is 0 Å². The minimum Gasteiger partial charge on any atom is -0.268 e. The number of hydrogen-bond acceptors (Lipinski definition) is 2. The van der Waals surface area contributed by atoms with Crippen LogP contribution in [0.4, 0.5) is 14.5 Å². The highest BCUT2D eigenvalue weighted by Gasteiger charge is 2.39. The molecule has 0 aromatic heterocycles. The Hall–Kier alpha value is -2.08. The van der Waals surface area contributed by atoms with E-state index in [2.05, 4.69) is 15.9 Å². The van der Waals surface area contributed by atoms with Gasteiger partial charge in [0.2, 0.25) is 0 Å². The zero-order chi connectivity index (χ0) is 14.4. The van der Waals surface area contributed by atoms with Gasteiger partial charge < -0.3 is 0 Å². The van der Waals surface area contributed by atoms with Crippen molar-refractivity contribution in [2.75, 3.05) is 4.90 Å². The summed E-state index contributed by atoms with van der Waals surface area (Å²) in [5, 5.41) is 0. The number of anilines is 1. The number of fused-ring (bicyclic) bond motifs is 1. The van der Waals surface area contributed by atoms with E-state index in [1.807, 2.05) is 0 Å². The minimum atomic E-state index is -0.980. The van der Waals surface area contributed by atoms with Gasteiger partial charge in [0, 0.05) is 4.47 Å². The normalized spacial score (nSPS) is 13.8. The summed E-state index contributed by atoms with van der Waals surface area (Å²) < 4.78 is 28.0. The molecule has 1 aliphatic heterocycles. The minimum absolute atomic E-state index is 0.138. The lowest BCUT2D eigenvalue weighted by atomic mass is 10.1. The van der Waals surface area contributed by atoms with Crippen molar-refractivity contribution >= 4 is 33.4 Å². The predicted octanol–water partition coefficient (Wildman–Crippen LogP) is 3.53. The molecule has 6 heteroatoms. The summed E-state index contributed by atoms with van der Waals surface area (Å²) in [5.74, 6) is -3.42. The quantitative estimate of drug-likeness (QED) is 0.746. The van der Waals surface area contributed by atoms with Crippen LogP contribution >= 0.6 is 15.9 Å². The average molecular weight is 338 g/mol. The van der Waals surface area contributed by atoms with Crippen LogP contribution in [0.3, 0.4) is 0 Å². The van der Waals surface area contributed by atoms with Gasteiger partial charge in [-0.3, -0.25) is 9.59 Å². The van der Waals surface area contributed by atoms with Crippen molar-refractivity contribution in [2.45, 2.75) is 0 Å². The first-order valence-electron chi connectivity index (χ1n) is 5.63. The van der Waals surface area contributed by atoms with Crippen molar-refractivity contribution < 1.29 is 18.4 Å². The fraction of sp³-hybridized carbons (Fsp3) is 0. The molecule has 1 heterocycles. The maximum Gasteiger partial charge on any atom is 0.266 e. The maximum atomic E-state index is 13.9. The lowest BCUT2D eigenvalue weighted by Crippen LogP contribution is -2.31. The fourth-order valence-corrected chi connectivity index (χ4v) is 2.54. The first-order valence-corrected chi connectivity index (χ1v) is 6.42. The molecule has 0 saturated carbocycles. The molecule has 20 heavy (non-hydrogen) atoms. The van der Waals surface area contributed by atoms with Crippen LogP contribution in [0.25, 0.3) is 0 Å². The highest BCUT2D eigenvalue weighted by molar-refractivity contribution is 9.10. The van der Waals surface area contributed by atoms with Crippen LogP contribution < -0.4 is 4.90 Å². The third-order valence-electron chi connectivity index (χ3n) is 3.00. The maximum absolute atomic E-state index is 13.9. The molecular formula is C14H6BrF2NO2. The molecule has 0 aliphatic carbocycles. The zero-order valence-corrected chi connectivity index (χ0v) is 11.4. The number of halogens is 3. The smallest absolute Gasteiger partial charge is 0.266 e. The first-order chi connectivity index (χ1) is 9.50. The van der Waals surface area contributed by atoms with Gasteiger partial charge in [0.05, 0.1) is 11.1 Å². The van der Waals surface area contributed by atoms with Crippen molar-refractivity contribution in [1.29, 1.82) is 0 Å². The number of benzene rings is 2. The second kappa shape index (κ2) is 4.49. The molecule has 0 fully saturated rings. The van der Waals surface area contributed by atoms with Gasteiger partial charge in [-0.05, 0) is 24.3 Å². The van der Waals surface area contributed by atoms with E-state index < -0.39 is 29.1 Å². The SMILES string of the molecule is O=C1c2ccccc2C(=O)N1c1c(F)cc(Br)cc1F. The Morgan fingerprint density at radius 2 is 1.35 bits per heavy atom. The highest BCUT2D eigenvalue weighted by Crippen LogP contribution is 2.33. The van der Waals surface area contributed by atoms with Gasteiger partial charge >= 0.3 is 0 Å². The summed E-state index contributed by atoms with van der Waals surface area (Å²) >= 11 is 2.95. The summed E-state index contributed by atoms with van der Waals surface area (Å²) in [6, 6.07) is 8.07. The Bertz CT molecular complexity index is 703. The Morgan fingerprint density at radius 1 is 0.900 bits per heavy atom. The van der Waals surface area contributed by atoms with E-state index in [9.17, 15) is 18.4 Å². The third kappa shape index (κ3) is 1.76. The topological polar surface area (TPSA) is 37.4 Å². The van der Waals surface area contributed by atoms with E-state index in [1.165, 1.54) is 12.1 Å². The number of carbonyl (C=O) groups excluding carboxylic acids is 2. The number of nitrogens with zero attached hydrogens (tertiary/aromatic N) is 1. The second-order valence-corrected chi connectivity index (χ2v) is 5.13. The largest absolute Gasteiger partial charge is 0.268 e. The molecule has 3 rings (SSSR count). The van der Waals surface area contributed by atoms with Gasteiger partial charge in [-0.25, -0.2) is 13.7 Å². The van der Waals surface area contributed by atoms with E-state index in [0.29, 0.717) is 4.90 Å². The van der Waals surface area contributed by atoms with Gasteiger partial charge in [-0.15, -0.1) is 0 Å². The van der Waals surface area contributed by atoms with Gasteiger partial charge in [-0.2, -0.15) is 0 Å². The molecule has 2 aromatic rings. The first kappa shape index (κ1) is 12.9. The standard InChI is InChI=1S/C14H6BrF2NO2/c15-7-5-10(16)12(11(17)6-7)18-13(19)8-3-1-2-4-9(8)14(18)20/h1-6H. The van der Waals surface area contributed by atoms with Gasteiger partial charge in [-0.1, -0.05) is 28.1 Å². The summed E-state index contributed by atoms with van der Waals surface area (Å²) in [6.45, 7) is 0. The molecule has 0 saturated heterocycles. The number of imide groups is 1. The fourth-order valence-electron chi connectivity index (χ4n) is 2.14. The summed E-state index contributed by atoms with van der Waals surface area (Å²) in [5.41, 5.74) is -0.377. The van der Waals surface area contributed by atoms with Crippen LogP contribution in [-0.4, -0.2) is 11.8 Å². The molecule has 1 aliphatic rings. The third-order valence-corrected chi connectivity index (χ3v) is 3.46. The van der Waals surface area contributed by atoms with Crippen LogP contribution in [0, 0.1) is 11.6 Å². The van der Waals surface area contributed by atoms with Crippen molar-refractivity contribution in [1.82, 2.24) is 0 Å². The van der Waals surface area contributed by atoms with Crippen LogP contribution in [0.2, 0.25) is 0 Å². The molecule has 0 unspecified atom stereocenters. The molecular weight excluding hydrogens is 332 g/mol. The molecule has 2 aromatic carbocycles. The molecule has 0 bridgehead atoms. The highest BCUT2D eigenvalue weighted by atomic mass is 79.9.